The molecule has 1 aliphatic rings. The number of rotatable bonds is 4. The summed E-state index contributed by atoms with van der Waals surface area (Å²) in [5.74, 6) is 0.607. The molecule has 5 nitrogen and oxygen atoms in total. The predicted molar refractivity (Wildman–Crippen MR) is 115 cm³/mol. The van der Waals surface area contributed by atoms with Gasteiger partial charge in [-0.05, 0) is 61.4 Å². The molecule has 6 heteroatoms. The van der Waals surface area contributed by atoms with Crippen molar-refractivity contribution in [2.45, 2.75) is 45.7 Å². The third-order valence-electron chi connectivity index (χ3n) is 5.80. The van der Waals surface area contributed by atoms with Crippen LogP contribution >= 0.6 is 11.3 Å². The van der Waals surface area contributed by atoms with E-state index in [1.807, 2.05) is 18.2 Å². The van der Waals surface area contributed by atoms with Crippen LogP contribution in [0.2, 0.25) is 0 Å². The molecule has 0 saturated carbocycles. The van der Waals surface area contributed by atoms with Gasteiger partial charge in [-0.3, -0.25) is 13.9 Å². The van der Waals surface area contributed by atoms with E-state index in [1.54, 1.807) is 34.3 Å². The molecule has 1 aromatic carbocycles. The van der Waals surface area contributed by atoms with Crippen molar-refractivity contribution in [2.24, 2.45) is 0 Å². The van der Waals surface area contributed by atoms with Crippen LogP contribution in [0.15, 0.2) is 56.7 Å². The van der Waals surface area contributed by atoms with Crippen LogP contribution in [0, 0.1) is 6.92 Å². The summed E-state index contributed by atoms with van der Waals surface area (Å²) in [6, 6.07) is 11.7. The van der Waals surface area contributed by atoms with Crippen molar-refractivity contribution in [3.63, 3.8) is 0 Å². The Kier molecular flexibility index (Phi) is 4.51. The van der Waals surface area contributed by atoms with Crippen LogP contribution in [-0.2, 0) is 25.9 Å². The monoisotopic (exact) mass is 406 g/mol. The Morgan fingerprint density at radius 3 is 2.62 bits per heavy atom. The van der Waals surface area contributed by atoms with E-state index in [0.29, 0.717) is 12.3 Å². The number of hydrogen-bond donors (Lipinski definition) is 0. The maximum Gasteiger partial charge on any atom is 0.332 e. The number of thiophene rings is 1. The van der Waals surface area contributed by atoms with E-state index >= 15 is 0 Å². The van der Waals surface area contributed by atoms with E-state index in [0.717, 1.165) is 52.6 Å². The fourth-order valence-corrected chi connectivity index (χ4v) is 5.58. The first-order valence-corrected chi connectivity index (χ1v) is 10.8. The number of benzene rings is 1. The molecule has 29 heavy (non-hydrogen) atoms. The quantitative estimate of drug-likeness (QED) is 0.513. The molecule has 148 valence electrons. The van der Waals surface area contributed by atoms with Gasteiger partial charge in [-0.2, -0.15) is 0 Å². The van der Waals surface area contributed by atoms with E-state index in [-0.39, 0.29) is 17.8 Å². The SMILES string of the molecule is Cc1ccccc1Cn1c(=O)n(Cc2ccco2)c(=O)c2c3c(sc21)CCCC3. The van der Waals surface area contributed by atoms with Crippen LogP contribution in [0.3, 0.4) is 0 Å². The summed E-state index contributed by atoms with van der Waals surface area (Å²) >= 11 is 1.62. The van der Waals surface area contributed by atoms with Gasteiger partial charge in [0.1, 0.15) is 10.6 Å². The standard InChI is InChI=1S/C23H22N2O3S/c1-15-7-2-3-8-16(15)13-25-22-20(18-10-4-5-11-19(18)29-22)21(26)24(23(25)27)14-17-9-6-12-28-17/h2-3,6-9,12H,4-5,10-11,13-14H2,1H3. The summed E-state index contributed by atoms with van der Waals surface area (Å²) in [4.78, 5) is 28.9. The van der Waals surface area contributed by atoms with Gasteiger partial charge < -0.3 is 4.42 Å². The third kappa shape index (κ3) is 3.08. The van der Waals surface area contributed by atoms with E-state index in [1.165, 1.54) is 9.44 Å². The fraction of sp³-hybridized carbons (Fsp3) is 0.304. The maximum atomic E-state index is 13.4. The molecule has 3 heterocycles. The van der Waals surface area contributed by atoms with E-state index in [2.05, 4.69) is 13.0 Å². The number of hydrogen-bond acceptors (Lipinski definition) is 4. The second-order valence-corrected chi connectivity index (χ2v) is 8.74. The van der Waals surface area contributed by atoms with Gasteiger partial charge in [0.15, 0.2) is 0 Å². The molecular formula is C23H22N2O3S. The molecule has 0 spiro atoms. The lowest BCUT2D eigenvalue weighted by molar-refractivity contribution is 0.479. The average molecular weight is 407 g/mol. The summed E-state index contributed by atoms with van der Waals surface area (Å²) < 4.78 is 8.54. The summed E-state index contributed by atoms with van der Waals surface area (Å²) in [6.45, 7) is 2.66. The minimum absolute atomic E-state index is 0.152. The van der Waals surface area contributed by atoms with E-state index in [4.69, 9.17) is 4.42 Å². The highest BCUT2D eigenvalue weighted by Crippen LogP contribution is 2.34. The zero-order chi connectivity index (χ0) is 20.0. The summed E-state index contributed by atoms with van der Waals surface area (Å²) in [7, 11) is 0. The number of aryl methyl sites for hydroxylation is 3. The van der Waals surface area contributed by atoms with Gasteiger partial charge in [-0.15, -0.1) is 11.3 Å². The molecule has 0 unspecified atom stereocenters. The van der Waals surface area contributed by atoms with Gasteiger partial charge in [0.2, 0.25) is 0 Å². The molecule has 0 saturated heterocycles. The van der Waals surface area contributed by atoms with Crippen LogP contribution in [0.5, 0.6) is 0 Å². The van der Waals surface area contributed by atoms with Crippen molar-refractivity contribution in [1.82, 2.24) is 9.13 Å². The molecule has 0 radical (unpaired) electrons. The molecule has 0 fully saturated rings. The van der Waals surface area contributed by atoms with Crippen LogP contribution in [0.1, 0.15) is 40.2 Å². The number of nitrogens with zero attached hydrogens (tertiary/aromatic N) is 2. The minimum Gasteiger partial charge on any atom is -0.467 e. The number of aromatic nitrogens is 2. The molecular weight excluding hydrogens is 384 g/mol. The van der Waals surface area contributed by atoms with Gasteiger partial charge in [0.25, 0.3) is 5.56 Å². The Hall–Kier alpha value is -2.86. The van der Waals surface area contributed by atoms with Gasteiger partial charge in [-0.25, -0.2) is 4.79 Å². The molecule has 5 rings (SSSR count). The number of fused-ring (bicyclic) bond motifs is 3. The van der Waals surface area contributed by atoms with Gasteiger partial charge in [0, 0.05) is 4.88 Å². The van der Waals surface area contributed by atoms with Crippen molar-refractivity contribution < 1.29 is 4.42 Å². The summed E-state index contributed by atoms with van der Waals surface area (Å²) in [5.41, 5.74) is 2.90. The second-order valence-electron chi connectivity index (χ2n) is 7.66. The van der Waals surface area contributed by atoms with Crippen molar-refractivity contribution in [2.75, 3.05) is 0 Å². The molecule has 0 N–H and O–H groups in total. The largest absolute Gasteiger partial charge is 0.467 e. The molecule has 1 aliphatic carbocycles. The molecule has 3 aromatic heterocycles. The van der Waals surface area contributed by atoms with E-state index < -0.39 is 0 Å². The van der Waals surface area contributed by atoms with Crippen LogP contribution in [0.4, 0.5) is 0 Å². The Labute approximate surface area is 171 Å². The van der Waals surface area contributed by atoms with Crippen LogP contribution in [0.25, 0.3) is 10.2 Å². The lowest BCUT2D eigenvalue weighted by Crippen LogP contribution is -2.40. The lowest BCUT2D eigenvalue weighted by Gasteiger charge is -2.14. The van der Waals surface area contributed by atoms with Crippen molar-refractivity contribution in [1.29, 1.82) is 0 Å². The fourth-order valence-electron chi connectivity index (χ4n) is 4.21. The number of furan rings is 1. The van der Waals surface area contributed by atoms with Gasteiger partial charge >= 0.3 is 5.69 Å². The molecule has 0 atom stereocenters. The predicted octanol–water partition coefficient (Wildman–Crippen LogP) is 4.10. The first-order valence-electron chi connectivity index (χ1n) is 9.98. The Morgan fingerprint density at radius 2 is 1.83 bits per heavy atom. The molecule has 4 aromatic rings. The average Bonchev–Trinajstić information content (AvgIpc) is 3.37. The Balaban J connectivity index is 1.78. The zero-order valence-corrected chi connectivity index (χ0v) is 17.1. The first kappa shape index (κ1) is 18.2. The highest BCUT2D eigenvalue weighted by atomic mass is 32.1. The Morgan fingerprint density at radius 1 is 1.00 bits per heavy atom. The smallest absolute Gasteiger partial charge is 0.332 e. The second kappa shape index (κ2) is 7.19. The molecule has 0 aliphatic heterocycles. The molecule has 0 amide bonds. The Bertz CT molecular complexity index is 1310. The van der Waals surface area contributed by atoms with Crippen molar-refractivity contribution in [3.8, 4) is 0 Å². The van der Waals surface area contributed by atoms with Crippen LogP contribution in [-0.4, -0.2) is 9.13 Å². The highest BCUT2D eigenvalue weighted by molar-refractivity contribution is 7.18. The summed E-state index contributed by atoms with van der Waals surface area (Å²) in [6.07, 6.45) is 5.70. The minimum atomic E-state index is -0.277. The zero-order valence-electron chi connectivity index (χ0n) is 16.3. The third-order valence-corrected chi connectivity index (χ3v) is 7.12. The first-order chi connectivity index (χ1) is 14.1. The van der Waals surface area contributed by atoms with Crippen LogP contribution < -0.4 is 11.2 Å². The van der Waals surface area contributed by atoms with Gasteiger partial charge in [0.05, 0.1) is 24.7 Å². The summed E-state index contributed by atoms with van der Waals surface area (Å²) in [5, 5.41) is 0.726. The topological polar surface area (TPSA) is 57.1 Å². The van der Waals surface area contributed by atoms with Crippen molar-refractivity contribution >= 4 is 21.6 Å². The molecule has 0 bridgehead atoms. The lowest BCUT2D eigenvalue weighted by atomic mass is 9.97. The van der Waals surface area contributed by atoms with E-state index in [9.17, 15) is 9.59 Å². The maximum absolute atomic E-state index is 13.4. The van der Waals surface area contributed by atoms with Gasteiger partial charge in [-0.1, -0.05) is 24.3 Å². The van der Waals surface area contributed by atoms with Crippen molar-refractivity contribution in [3.05, 3.63) is 90.8 Å². The highest BCUT2D eigenvalue weighted by Gasteiger charge is 2.24. The normalized spacial score (nSPS) is 13.7.